The number of benzene rings is 1. The molecule has 0 spiro atoms. The molecule has 1 aromatic heterocycles. The molecule has 1 N–H and O–H groups in total. The smallest absolute Gasteiger partial charge is 0.253 e. The number of carbonyl (C=O) groups is 2. The van der Waals surface area contributed by atoms with Gasteiger partial charge in [-0.1, -0.05) is 6.42 Å². The van der Waals surface area contributed by atoms with E-state index in [1.807, 2.05) is 34.9 Å². The first-order valence-corrected chi connectivity index (χ1v) is 9.16. The van der Waals surface area contributed by atoms with Crippen LogP contribution in [0.3, 0.4) is 0 Å². The maximum absolute atomic E-state index is 12.9. The highest BCUT2D eigenvalue weighted by Gasteiger charge is 2.31. The van der Waals surface area contributed by atoms with E-state index in [9.17, 15) is 9.59 Å². The minimum atomic E-state index is 0.0343. The van der Waals surface area contributed by atoms with E-state index < -0.39 is 0 Å². The number of carbonyl (C=O) groups excluding carboxylic acids is 2. The number of nitrogens with zero attached hydrogens (tertiary/aromatic N) is 3. The number of aryl methyl sites for hydroxylation is 1. The van der Waals surface area contributed by atoms with Gasteiger partial charge in [-0.25, -0.2) is 4.98 Å². The van der Waals surface area contributed by atoms with Crippen LogP contribution in [-0.4, -0.2) is 57.8 Å². The molecule has 4 rings (SSSR count). The third kappa shape index (κ3) is 3.13. The summed E-state index contributed by atoms with van der Waals surface area (Å²) in [5, 5.41) is 0. The molecule has 1 saturated carbocycles. The number of aromatic nitrogens is 2. The van der Waals surface area contributed by atoms with Crippen molar-refractivity contribution in [3.8, 4) is 0 Å². The summed E-state index contributed by atoms with van der Waals surface area (Å²) in [4.78, 5) is 36.7. The van der Waals surface area contributed by atoms with E-state index in [-0.39, 0.29) is 17.7 Å². The van der Waals surface area contributed by atoms with Gasteiger partial charge in [0.1, 0.15) is 5.82 Å². The number of imidazole rings is 1. The molecule has 1 saturated heterocycles. The van der Waals surface area contributed by atoms with Gasteiger partial charge < -0.3 is 14.8 Å². The summed E-state index contributed by atoms with van der Waals surface area (Å²) in [6.07, 6.45) is 4.07. The van der Waals surface area contributed by atoms with Gasteiger partial charge in [0.05, 0.1) is 11.0 Å². The summed E-state index contributed by atoms with van der Waals surface area (Å²) < 4.78 is 0. The molecule has 1 aliphatic carbocycles. The Morgan fingerprint density at radius 2 is 1.84 bits per heavy atom. The van der Waals surface area contributed by atoms with Crippen molar-refractivity contribution in [1.82, 2.24) is 19.8 Å². The molecular formula is C19H24N4O2. The number of hydrogen-bond donors (Lipinski definition) is 1. The fraction of sp³-hybridized carbons (Fsp3) is 0.526. The minimum Gasteiger partial charge on any atom is -0.342 e. The number of aromatic amines is 1. The zero-order valence-electron chi connectivity index (χ0n) is 14.6. The first-order valence-electron chi connectivity index (χ1n) is 9.16. The lowest BCUT2D eigenvalue weighted by Crippen LogP contribution is -2.41. The second-order valence-electron chi connectivity index (χ2n) is 7.15. The maximum Gasteiger partial charge on any atom is 0.253 e. The van der Waals surface area contributed by atoms with Crippen LogP contribution in [0.4, 0.5) is 0 Å². The van der Waals surface area contributed by atoms with E-state index in [4.69, 9.17) is 0 Å². The van der Waals surface area contributed by atoms with Crippen molar-refractivity contribution in [2.45, 2.75) is 32.6 Å². The maximum atomic E-state index is 12.9. The van der Waals surface area contributed by atoms with Crippen LogP contribution in [0.2, 0.25) is 0 Å². The normalized spacial score (nSPS) is 18.9. The number of amides is 2. The molecule has 6 heteroatoms. The van der Waals surface area contributed by atoms with Gasteiger partial charge in [-0.05, 0) is 44.4 Å². The molecule has 6 nitrogen and oxygen atoms in total. The van der Waals surface area contributed by atoms with Gasteiger partial charge in [-0.3, -0.25) is 9.59 Å². The fourth-order valence-electron chi connectivity index (χ4n) is 3.71. The summed E-state index contributed by atoms with van der Waals surface area (Å²) >= 11 is 0. The zero-order valence-corrected chi connectivity index (χ0v) is 14.6. The van der Waals surface area contributed by atoms with Crippen molar-refractivity contribution in [3.05, 3.63) is 29.6 Å². The van der Waals surface area contributed by atoms with Gasteiger partial charge in [0.2, 0.25) is 5.91 Å². The SMILES string of the molecule is Cc1nc2ccc(C(=O)N3CCCN(C(=O)C4CCC4)CC3)cc2[nH]1. The minimum absolute atomic E-state index is 0.0343. The largest absolute Gasteiger partial charge is 0.342 e. The van der Waals surface area contributed by atoms with Gasteiger partial charge in [0.25, 0.3) is 5.91 Å². The Morgan fingerprint density at radius 3 is 2.60 bits per heavy atom. The summed E-state index contributed by atoms with van der Waals surface area (Å²) in [6, 6.07) is 5.60. The number of rotatable bonds is 2. The van der Waals surface area contributed by atoms with Gasteiger partial charge in [0, 0.05) is 37.7 Å². The van der Waals surface area contributed by atoms with E-state index in [0.29, 0.717) is 25.2 Å². The highest BCUT2D eigenvalue weighted by atomic mass is 16.2. The lowest BCUT2D eigenvalue weighted by molar-refractivity contribution is -0.138. The predicted octanol–water partition coefficient (Wildman–Crippen LogP) is 2.35. The topological polar surface area (TPSA) is 69.3 Å². The molecule has 132 valence electrons. The van der Waals surface area contributed by atoms with Crippen molar-refractivity contribution in [2.75, 3.05) is 26.2 Å². The number of fused-ring (bicyclic) bond motifs is 1. The third-order valence-electron chi connectivity index (χ3n) is 5.40. The Labute approximate surface area is 147 Å². The Bertz CT molecular complexity index is 809. The van der Waals surface area contributed by atoms with Gasteiger partial charge in [0.15, 0.2) is 0 Å². The van der Waals surface area contributed by atoms with Gasteiger partial charge >= 0.3 is 0 Å². The van der Waals surface area contributed by atoms with Crippen LogP contribution in [0, 0.1) is 12.8 Å². The molecule has 2 heterocycles. The van der Waals surface area contributed by atoms with E-state index in [1.54, 1.807) is 0 Å². The first-order chi connectivity index (χ1) is 12.1. The molecule has 0 bridgehead atoms. The molecule has 1 aromatic carbocycles. The molecule has 0 radical (unpaired) electrons. The lowest BCUT2D eigenvalue weighted by atomic mass is 9.84. The van der Waals surface area contributed by atoms with Crippen molar-refractivity contribution >= 4 is 22.8 Å². The van der Waals surface area contributed by atoms with Gasteiger partial charge in [-0.15, -0.1) is 0 Å². The fourth-order valence-corrected chi connectivity index (χ4v) is 3.71. The average Bonchev–Trinajstić information content (AvgIpc) is 2.76. The summed E-state index contributed by atoms with van der Waals surface area (Å²) in [5.41, 5.74) is 2.44. The van der Waals surface area contributed by atoms with Crippen LogP contribution in [0.15, 0.2) is 18.2 Å². The monoisotopic (exact) mass is 340 g/mol. The van der Waals surface area contributed by atoms with Crippen LogP contribution >= 0.6 is 0 Å². The highest BCUT2D eigenvalue weighted by Crippen LogP contribution is 2.28. The molecule has 2 fully saturated rings. The molecule has 25 heavy (non-hydrogen) atoms. The van der Waals surface area contributed by atoms with E-state index in [0.717, 1.165) is 42.7 Å². The second kappa shape index (κ2) is 6.50. The summed E-state index contributed by atoms with van der Waals surface area (Å²) in [7, 11) is 0. The van der Waals surface area contributed by atoms with Crippen LogP contribution in [0.1, 0.15) is 41.9 Å². The predicted molar refractivity (Wildman–Crippen MR) is 95.3 cm³/mol. The molecule has 0 atom stereocenters. The molecule has 1 aliphatic heterocycles. The number of H-pyrrole nitrogens is 1. The van der Waals surface area contributed by atoms with E-state index in [1.165, 1.54) is 6.42 Å². The van der Waals surface area contributed by atoms with Gasteiger partial charge in [-0.2, -0.15) is 0 Å². The Hall–Kier alpha value is -2.37. The zero-order chi connectivity index (χ0) is 17.4. The highest BCUT2D eigenvalue weighted by molar-refractivity contribution is 5.97. The van der Waals surface area contributed by atoms with E-state index >= 15 is 0 Å². The van der Waals surface area contributed by atoms with Crippen molar-refractivity contribution in [1.29, 1.82) is 0 Å². The van der Waals surface area contributed by atoms with Crippen LogP contribution < -0.4 is 0 Å². The molecule has 2 amide bonds. The Morgan fingerprint density at radius 1 is 1.08 bits per heavy atom. The van der Waals surface area contributed by atoms with E-state index in [2.05, 4.69) is 9.97 Å². The number of nitrogens with one attached hydrogen (secondary N) is 1. The summed E-state index contributed by atoms with van der Waals surface area (Å²) in [6.45, 7) is 4.62. The standard InChI is InChI=1S/C19H24N4O2/c1-13-20-16-7-6-15(12-17(16)21-13)19(25)23-9-3-8-22(10-11-23)18(24)14-4-2-5-14/h6-7,12,14H,2-5,8-11H2,1H3,(H,20,21). The lowest BCUT2D eigenvalue weighted by Gasteiger charge is -2.31. The Balaban J connectivity index is 1.45. The van der Waals surface area contributed by atoms with Crippen LogP contribution in [-0.2, 0) is 4.79 Å². The molecule has 0 unspecified atom stereocenters. The Kier molecular flexibility index (Phi) is 4.19. The second-order valence-corrected chi connectivity index (χ2v) is 7.15. The van der Waals surface area contributed by atoms with Crippen LogP contribution in [0.5, 0.6) is 0 Å². The number of hydrogen-bond acceptors (Lipinski definition) is 3. The van der Waals surface area contributed by atoms with Crippen LogP contribution in [0.25, 0.3) is 11.0 Å². The first kappa shape index (κ1) is 16.1. The third-order valence-corrected chi connectivity index (χ3v) is 5.40. The van der Waals surface area contributed by atoms with Crippen molar-refractivity contribution in [2.24, 2.45) is 5.92 Å². The molecule has 2 aliphatic rings. The summed E-state index contributed by atoms with van der Waals surface area (Å²) in [5.74, 6) is 1.40. The quantitative estimate of drug-likeness (QED) is 0.912. The van der Waals surface area contributed by atoms with Crippen molar-refractivity contribution in [3.63, 3.8) is 0 Å². The molecule has 2 aromatic rings. The van der Waals surface area contributed by atoms with Crippen molar-refractivity contribution < 1.29 is 9.59 Å². The average molecular weight is 340 g/mol. The molecular weight excluding hydrogens is 316 g/mol.